The summed E-state index contributed by atoms with van der Waals surface area (Å²) in [6, 6.07) is 5.51. The third-order valence-electron chi connectivity index (χ3n) is 2.90. The zero-order valence-electron chi connectivity index (χ0n) is 13.2. The van der Waals surface area contributed by atoms with Crippen LogP contribution in [0.15, 0.2) is 40.0 Å². The molecule has 2 rings (SSSR count). The molecule has 0 fully saturated rings. The molecule has 0 spiro atoms. The SMILES string of the molecule is CCNC(=NCc1ccsc1)NCCOc1ccc(F)c(F)c1.I. The molecule has 0 radical (unpaired) electrons. The summed E-state index contributed by atoms with van der Waals surface area (Å²) in [5.41, 5.74) is 1.16. The first-order valence-electron chi connectivity index (χ1n) is 7.30. The highest BCUT2D eigenvalue weighted by atomic mass is 127. The summed E-state index contributed by atoms with van der Waals surface area (Å²) in [6.07, 6.45) is 0. The second kappa shape index (κ2) is 11.2. The Labute approximate surface area is 161 Å². The van der Waals surface area contributed by atoms with Crippen LogP contribution < -0.4 is 15.4 Å². The normalized spacial score (nSPS) is 10.9. The summed E-state index contributed by atoms with van der Waals surface area (Å²) in [6.45, 7) is 4.14. The number of thiophene rings is 1. The minimum absolute atomic E-state index is 0. The Kier molecular flexibility index (Phi) is 9.62. The van der Waals surface area contributed by atoms with Crippen molar-refractivity contribution in [3.8, 4) is 5.75 Å². The molecular formula is C16H20F2IN3OS. The maximum absolute atomic E-state index is 13.1. The molecule has 4 nitrogen and oxygen atoms in total. The van der Waals surface area contributed by atoms with Crippen molar-refractivity contribution in [1.82, 2.24) is 10.6 Å². The van der Waals surface area contributed by atoms with Crippen molar-refractivity contribution in [3.05, 3.63) is 52.2 Å². The van der Waals surface area contributed by atoms with Gasteiger partial charge in [-0.25, -0.2) is 13.8 Å². The van der Waals surface area contributed by atoms with Crippen molar-refractivity contribution in [1.29, 1.82) is 0 Å². The fourth-order valence-electron chi connectivity index (χ4n) is 1.80. The van der Waals surface area contributed by atoms with E-state index in [0.717, 1.165) is 24.2 Å². The lowest BCUT2D eigenvalue weighted by atomic mass is 10.3. The molecular weight excluding hydrogens is 447 g/mol. The summed E-state index contributed by atoms with van der Waals surface area (Å²) < 4.78 is 31.2. The molecule has 132 valence electrons. The molecule has 2 aromatic rings. The molecule has 0 aliphatic carbocycles. The molecule has 0 saturated carbocycles. The fourth-order valence-corrected chi connectivity index (χ4v) is 2.46. The quantitative estimate of drug-likeness (QED) is 0.282. The van der Waals surface area contributed by atoms with Gasteiger partial charge in [-0.2, -0.15) is 11.3 Å². The molecule has 0 bridgehead atoms. The van der Waals surface area contributed by atoms with Crippen LogP contribution in [0.5, 0.6) is 5.75 Å². The first kappa shape index (κ1) is 20.6. The zero-order valence-corrected chi connectivity index (χ0v) is 16.4. The van der Waals surface area contributed by atoms with Gasteiger partial charge in [0.25, 0.3) is 0 Å². The van der Waals surface area contributed by atoms with Crippen LogP contribution in [0.3, 0.4) is 0 Å². The van der Waals surface area contributed by atoms with Crippen LogP contribution in [-0.2, 0) is 6.54 Å². The standard InChI is InChI=1S/C16H19F2N3OS.HI/c1-2-19-16(21-10-12-5-8-23-11-12)20-6-7-22-13-3-4-14(17)15(18)9-13;/h3-5,8-9,11H,2,6-7,10H2,1H3,(H2,19,20,21);1H. The maximum Gasteiger partial charge on any atom is 0.191 e. The second-order valence-electron chi connectivity index (χ2n) is 4.68. The summed E-state index contributed by atoms with van der Waals surface area (Å²) in [4.78, 5) is 4.46. The summed E-state index contributed by atoms with van der Waals surface area (Å²) in [5.74, 6) is -0.815. The largest absolute Gasteiger partial charge is 0.492 e. The number of aliphatic imine (C=N–C) groups is 1. The predicted molar refractivity (Wildman–Crippen MR) is 104 cm³/mol. The van der Waals surface area contributed by atoms with E-state index in [-0.39, 0.29) is 24.0 Å². The van der Waals surface area contributed by atoms with Gasteiger partial charge in [0, 0.05) is 12.6 Å². The van der Waals surface area contributed by atoms with E-state index in [1.54, 1.807) is 11.3 Å². The number of nitrogens with zero attached hydrogens (tertiary/aromatic N) is 1. The van der Waals surface area contributed by atoms with Crippen LogP contribution in [0, 0.1) is 11.6 Å². The highest BCUT2D eigenvalue weighted by Gasteiger charge is 2.03. The molecule has 0 atom stereocenters. The molecule has 2 N–H and O–H groups in total. The first-order valence-corrected chi connectivity index (χ1v) is 8.24. The molecule has 0 unspecified atom stereocenters. The molecule has 0 amide bonds. The van der Waals surface area contributed by atoms with E-state index in [1.165, 1.54) is 6.07 Å². The highest BCUT2D eigenvalue weighted by molar-refractivity contribution is 14.0. The van der Waals surface area contributed by atoms with E-state index >= 15 is 0 Å². The second-order valence-corrected chi connectivity index (χ2v) is 5.46. The Morgan fingerprint density at radius 2 is 2.04 bits per heavy atom. The van der Waals surface area contributed by atoms with E-state index in [0.29, 0.717) is 31.4 Å². The van der Waals surface area contributed by atoms with Gasteiger partial charge in [-0.3, -0.25) is 0 Å². The Morgan fingerprint density at radius 1 is 1.21 bits per heavy atom. The lowest BCUT2D eigenvalue weighted by molar-refractivity contribution is 0.318. The number of ether oxygens (including phenoxy) is 1. The first-order chi connectivity index (χ1) is 11.2. The minimum atomic E-state index is -0.916. The molecule has 1 heterocycles. The fraction of sp³-hybridized carbons (Fsp3) is 0.312. The molecule has 1 aromatic carbocycles. The summed E-state index contributed by atoms with van der Waals surface area (Å²) in [5, 5.41) is 10.3. The number of hydrogen-bond acceptors (Lipinski definition) is 3. The third-order valence-corrected chi connectivity index (χ3v) is 3.63. The van der Waals surface area contributed by atoms with Crippen molar-refractivity contribution < 1.29 is 13.5 Å². The smallest absolute Gasteiger partial charge is 0.191 e. The molecule has 8 heteroatoms. The molecule has 0 aliphatic heterocycles. The van der Waals surface area contributed by atoms with Crippen molar-refractivity contribution in [2.24, 2.45) is 4.99 Å². The molecule has 0 aliphatic rings. The number of hydrogen-bond donors (Lipinski definition) is 2. The Balaban J connectivity index is 0.00000288. The van der Waals surface area contributed by atoms with Crippen LogP contribution in [-0.4, -0.2) is 25.7 Å². The lowest BCUT2D eigenvalue weighted by Gasteiger charge is -2.12. The molecule has 24 heavy (non-hydrogen) atoms. The molecule has 1 aromatic heterocycles. The number of guanidine groups is 1. The Morgan fingerprint density at radius 3 is 2.71 bits per heavy atom. The van der Waals surface area contributed by atoms with Crippen LogP contribution in [0.1, 0.15) is 12.5 Å². The summed E-state index contributed by atoms with van der Waals surface area (Å²) >= 11 is 1.64. The van der Waals surface area contributed by atoms with Crippen LogP contribution >= 0.6 is 35.3 Å². The summed E-state index contributed by atoms with van der Waals surface area (Å²) in [7, 11) is 0. The van der Waals surface area contributed by atoms with Crippen molar-refractivity contribution >= 4 is 41.3 Å². The van der Waals surface area contributed by atoms with Gasteiger partial charge in [0.1, 0.15) is 12.4 Å². The number of nitrogens with one attached hydrogen (secondary N) is 2. The zero-order chi connectivity index (χ0) is 16.5. The van der Waals surface area contributed by atoms with E-state index in [1.807, 2.05) is 18.4 Å². The van der Waals surface area contributed by atoms with E-state index < -0.39 is 11.6 Å². The lowest BCUT2D eigenvalue weighted by Crippen LogP contribution is -2.39. The number of halogens is 3. The van der Waals surface area contributed by atoms with Gasteiger partial charge < -0.3 is 15.4 Å². The van der Waals surface area contributed by atoms with Crippen LogP contribution in [0.4, 0.5) is 8.78 Å². The van der Waals surface area contributed by atoms with E-state index in [2.05, 4.69) is 21.0 Å². The van der Waals surface area contributed by atoms with Crippen molar-refractivity contribution in [2.45, 2.75) is 13.5 Å². The van der Waals surface area contributed by atoms with Gasteiger partial charge in [0.15, 0.2) is 17.6 Å². The van der Waals surface area contributed by atoms with Crippen LogP contribution in [0.2, 0.25) is 0 Å². The highest BCUT2D eigenvalue weighted by Crippen LogP contribution is 2.14. The van der Waals surface area contributed by atoms with Gasteiger partial charge in [0.2, 0.25) is 0 Å². The van der Waals surface area contributed by atoms with Gasteiger partial charge >= 0.3 is 0 Å². The minimum Gasteiger partial charge on any atom is -0.492 e. The topological polar surface area (TPSA) is 45.7 Å². The van der Waals surface area contributed by atoms with Gasteiger partial charge in [-0.05, 0) is 41.4 Å². The average molecular weight is 467 g/mol. The molecule has 0 saturated heterocycles. The van der Waals surface area contributed by atoms with Gasteiger partial charge in [-0.1, -0.05) is 0 Å². The average Bonchev–Trinajstić information content (AvgIpc) is 3.06. The predicted octanol–water partition coefficient (Wildman–Crippen LogP) is 3.78. The number of benzene rings is 1. The number of rotatable bonds is 7. The van der Waals surface area contributed by atoms with Crippen molar-refractivity contribution in [3.63, 3.8) is 0 Å². The Bertz CT molecular complexity index is 638. The Hall–Kier alpha value is -1.42. The van der Waals surface area contributed by atoms with E-state index in [4.69, 9.17) is 4.74 Å². The van der Waals surface area contributed by atoms with Gasteiger partial charge in [0.05, 0.1) is 13.1 Å². The van der Waals surface area contributed by atoms with Crippen LogP contribution in [0.25, 0.3) is 0 Å². The van der Waals surface area contributed by atoms with Crippen molar-refractivity contribution in [2.75, 3.05) is 19.7 Å². The maximum atomic E-state index is 13.1. The monoisotopic (exact) mass is 467 g/mol. The van der Waals surface area contributed by atoms with Gasteiger partial charge in [-0.15, -0.1) is 24.0 Å². The third kappa shape index (κ3) is 7.00. The van der Waals surface area contributed by atoms with E-state index in [9.17, 15) is 8.78 Å².